The molecule has 0 saturated heterocycles. The molecule has 1 N–H and O–H groups in total. The zero-order valence-electron chi connectivity index (χ0n) is 11.5. The van der Waals surface area contributed by atoms with E-state index in [2.05, 4.69) is 12.2 Å². The van der Waals surface area contributed by atoms with Crippen LogP contribution >= 0.6 is 11.6 Å². The van der Waals surface area contributed by atoms with E-state index < -0.39 is 0 Å². The van der Waals surface area contributed by atoms with Gasteiger partial charge in [-0.05, 0) is 49.3 Å². The molecule has 0 aromatic heterocycles. The van der Waals surface area contributed by atoms with Crippen molar-refractivity contribution in [3.8, 4) is 0 Å². The zero-order valence-corrected chi connectivity index (χ0v) is 12.2. The average Bonchev–Trinajstić information content (AvgIpc) is 2.48. The SMILES string of the molecule is CCC1CCC(NC(=O)c2ccc(CCl)cc2)CC1. The van der Waals surface area contributed by atoms with Gasteiger partial charge in [-0.1, -0.05) is 25.5 Å². The Labute approximate surface area is 120 Å². The Kier molecular flexibility index (Phi) is 5.26. The van der Waals surface area contributed by atoms with Crippen LogP contribution in [0.5, 0.6) is 0 Å². The molecule has 3 heteroatoms. The summed E-state index contributed by atoms with van der Waals surface area (Å²) in [5, 5.41) is 3.15. The number of benzene rings is 1. The first-order valence-corrected chi connectivity index (χ1v) is 7.72. The predicted octanol–water partition coefficient (Wildman–Crippen LogP) is 4.12. The summed E-state index contributed by atoms with van der Waals surface area (Å²) in [4.78, 5) is 12.1. The second-order valence-corrected chi connectivity index (χ2v) is 5.70. The molecule has 1 amide bonds. The van der Waals surface area contributed by atoms with Crippen molar-refractivity contribution in [2.24, 2.45) is 5.92 Å². The van der Waals surface area contributed by atoms with Crippen LogP contribution in [0.15, 0.2) is 24.3 Å². The maximum Gasteiger partial charge on any atom is 0.251 e. The number of carbonyl (C=O) groups is 1. The highest BCUT2D eigenvalue weighted by Crippen LogP contribution is 2.26. The van der Waals surface area contributed by atoms with Crippen LogP contribution in [0.1, 0.15) is 54.9 Å². The lowest BCUT2D eigenvalue weighted by Crippen LogP contribution is -2.37. The molecule has 0 heterocycles. The van der Waals surface area contributed by atoms with E-state index in [4.69, 9.17) is 11.6 Å². The summed E-state index contributed by atoms with van der Waals surface area (Å²) in [6.45, 7) is 2.25. The minimum absolute atomic E-state index is 0.0427. The minimum atomic E-state index is 0.0427. The van der Waals surface area contributed by atoms with Crippen LogP contribution in [-0.2, 0) is 5.88 Å². The summed E-state index contributed by atoms with van der Waals surface area (Å²) in [5.41, 5.74) is 1.77. The molecule has 19 heavy (non-hydrogen) atoms. The fourth-order valence-corrected chi connectivity index (χ4v) is 2.91. The molecule has 1 aliphatic rings. The van der Waals surface area contributed by atoms with Crippen LogP contribution < -0.4 is 5.32 Å². The van der Waals surface area contributed by atoms with Gasteiger partial charge in [0.25, 0.3) is 5.91 Å². The lowest BCUT2D eigenvalue weighted by molar-refractivity contribution is 0.0921. The quantitative estimate of drug-likeness (QED) is 0.825. The Bertz CT molecular complexity index is 407. The molecule has 1 aromatic rings. The highest BCUT2D eigenvalue weighted by atomic mass is 35.5. The van der Waals surface area contributed by atoms with Crippen molar-refractivity contribution in [2.45, 2.75) is 50.9 Å². The zero-order chi connectivity index (χ0) is 13.7. The third-order valence-electron chi connectivity index (χ3n) is 4.13. The number of halogens is 1. The molecule has 0 unspecified atom stereocenters. The summed E-state index contributed by atoms with van der Waals surface area (Å²) in [5.74, 6) is 1.39. The van der Waals surface area contributed by atoms with E-state index in [0.717, 1.165) is 29.9 Å². The van der Waals surface area contributed by atoms with Crippen LogP contribution in [0.3, 0.4) is 0 Å². The van der Waals surface area contributed by atoms with Crippen LogP contribution in [0.25, 0.3) is 0 Å². The van der Waals surface area contributed by atoms with Crippen LogP contribution in [0.4, 0.5) is 0 Å². The van der Waals surface area contributed by atoms with Gasteiger partial charge in [0, 0.05) is 17.5 Å². The van der Waals surface area contributed by atoms with E-state index in [-0.39, 0.29) is 5.91 Å². The molecule has 104 valence electrons. The molecular formula is C16H22ClNO. The lowest BCUT2D eigenvalue weighted by Gasteiger charge is -2.28. The number of hydrogen-bond donors (Lipinski definition) is 1. The molecule has 0 atom stereocenters. The molecule has 0 aliphatic heterocycles. The monoisotopic (exact) mass is 279 g/mol. The standard InChI is InChI=1S/C16H22ClNO/c1-2-12-5-9-15(10-6-12)18-16(19)14-7-3-13(11-17)4-8-14/h3-4,7-8,12,15H,2,5-6,9-11H2,1H3,(H,18,19). The topological polar surface area (TPSA) is 29.1 Å². The Morgan fingerprint density at radius 2 is 1.84 bits per heavy atom. The average molecular weight is 280 g/mol. The van der Waals surface area contributed by atoms with Gasteiger partial charge in [0.15, 0.2) is 0 Å². The van der Waals surface area contributed by atoms with E-state index in [1.54, 1.807) is 0 Å². The van der Waals surface area contributed by atoms with Crippen molar-refractivity contribution in [1.29, 1.82) is 0 Å². The second-order valence-electron chi connectivity index (χ2n) is 5.43. The molecular weight excluding hydrogens is 258 g/mol. The van der Waals surface area contributed by atoms with Gasteiger partial charge in [-0.3, -0.25) is 4.79 Å². The van der Waals surface area contributed by atoms with Crippen LogP contribution in [0.2, 0.25) is 0 Å². The first-order chi connectivity index (χ1) is 9.22. The van der Waals surface area contributed by atoms with Gasteiger partial charge in [-0.15, -0.1) is 11.6 Å². The summed E-state index contributed by atoms with van der Waals surface area (Å²) < 4.78 is 0. The number of rotatable bonds is 4. The maximum absolute atomic E-state index is 12.1. The first kappa shape index (κ1) is 14.4. The van der Waals surface area contributed by atoms with Crippen molar-refractivity contribution < 1.29 is 4.79 Å². The van der Waals surface area contributed by atoms with Crippen molar-refractivity contribution >= 4 is 17.5 Å². The van der Waals surface area contributed by atoms with Crippen LogP contribution in [0, 0.1) is 5.92 Å². The molecule has 1 aliphatic carbocycles. The summed E-state index contributed by atoms with van der Waals surface area (Å²) in [6, 6.07) is 7.88. The van der Waals surface area contributed by atoms with Crippen molar-refractivity contribution in [1.82, 2.24) is 5.32 Å². The van der Waals surface area contributed by atoms with Crippen molar-refractivity contribution in [3.63, 3.8) is 0 Å². The molecule has 0 bridgehead atoms. The van der Waals surface area contributed by atoms with Gasteiger partial charge in [-0.25, -0.2) is 0 Å². The molecule has 2 nitrogen and oxygen atoms in total. The highest BCUT2D eigenvalue weighted by Gasteiger charge is 2.21. The Balaban J connectivity index is 1.87. The van der Waals surface area contributed by atoms with E-state index in [0.29, 0.717) is 11.9 Å². The van der Waals surface area contributed by atoms with E-state index in [1.807, 2.05) is 24.3 Å². The molecule has 1 fully saturated rings. The molecule has 1 aromatic carbocycles. The summed E-state index contributed by atoms with van der Waals surface area (Å²) >= 11 is 5.74. The third kappa shape index (κ3) is 3.97. The van der Waals surface area contributed by atoms with Crippen LogP contribution in [-0.4, -0.2) is 11.9 Å². The van der Waals surface area contributed by atoms with Gasteiger partial charge >= 0.3 is 0 Å². The summed E-state index contributed by atoms with van der Waals surface area (Å²) in [7, 11) is 0. The highest BCUT2D eigenvalue weighted by molar-refractivity contribution is 6.17. The molecule has 0 spiro atoms. The molecule has 0 radical (unpaired) electrons. The van der Waals surface area contributed by atoms with Gasteiger partial charge in [0.2, 0.25) is 0 Å². The van der Waals surface area contributed by atoms with Gasteiger partial charge in [-0.2, -0.15) is 0 Å². The van der Waals surface area contributed by atoms with E-state index >= 15 is 0 Å². The Hall–Kier alpha value is -1.02. The lowest BCUT2D eigenvalue weighted by atomic mass is 9.84. The van der Waals surface area contributed by atoms with E-state index in [1.165, 1.54) is 19.3 Å². The smallest absolute Gasteiger partial charge is 0.251 e. The largest absolute Gasteiger partial charge is 0.349 e. The number of nitrogens with one attached hydrogen (secondary N) is 1. The minimum Gasteiger partial charge on any atom is -0.349 e. The Morgan fingerprint density at radius 3 is 2.37 bits per heavy atom. The van der Waals surface area contributed by atoms with Gasteiger partial charge < -0.3 is 5.32 Å². The van der Waals surface area contributed by atoms with E-state index in [9.17, 15) is 4.79 Å². The fourth-order valence-electron chi connectivity index (χ4n) is 2.73. The maximum atomic E-state index is 12.1. The number of alkyl halides is 1. The third-order valence-corrected chi connectivity index (χ3v) is 4.44. The summed E-state index contributed by atoms with van der Waals surface area (Å²) in [6.07, 6.45) is 5.98. The normalized spacial score (nSPS) is 23.1. The van der Waals surface area contributed by atoms with Gasteiger partial charge in [0.1, 0.15) is 0 Å². The van der Waals surface area contributed by atoms with Crippen molar-refractivity contribution in [2.75, 3.05) is 0 Å². The molecule has 2 rings (SSSR count). The van der Waals surface area contributed by atoms with Gasteiger partial charge in [0.05, 0.1) is 0 Å². The first-order valence-electron chi connectivity index (χ1n) is 7.18. The van der Waals surface area contributed by atoms with Crippen molar-refractivity contribution in [3.05, 3.63) is 35.4 Å². The fraction of sp³-hybridized carbons (Fsp3) is 0.562. The number of amides is 1. The predicted molar refractivity (Wildman–Crippen MR) is 79.5 cm³/mol. The second kappa shape index (κ2) is 6.95. The molecule has 1 saturated carbocycles. The number of carbonyl (C=O) groups excluding carboxylic acids is 1. The Morgan fingerprint density at radius 1 is 1.21 bits per heavy atom. The number of hydrogen-bond acceptors (Lipinski definition) is 1.